The van der Waals surface area contributed by atoms with E-state index in [2.05, 4.69) is 38.2 Å². The van der Waals surface area contributed by atoms with Crippen LogP contribution in [0.1, 0.15) is 58.9 Å². The molecular formula is C21H32N2O3. The fourth-order valence-electron chi connectivity index (χ4n) is 3.18. The van der Waals surface area contributed by atoms with E-state index in [0.717, 1.165) is 31.7 Å². The second-order valence-corrected chi connectivity index (χ2v) is 8.08. The number of carbonyl (C=O) groups excluding carboxylic acids is 2. The van der Waals surface area contributed by atoms with Gasteiger partial charge in [-0.2, -0.15) is 0 Å². The first-order chi connectivity index (χ1) is 12.3. The molecule has 1 N–H and O–H groups in total. The van der Waals surface area contributed by atoms with E-state index in [-0.39, 0.29) is 23.3 Å². The number of benzene rings is 1. The Kier molecular flexibility index (Phi) is 7.06. The molecule has 2 amide bonds. The van der Waals surface area contributed by atoms with Crippen LogP contribution in [0.2, 0.25) is 0 Å². The number of hydrogen-bond donors (Lipinski definition) is 1. The van der Waals surface area contributed by atoms with Crippen molar-refractivity contribution in [3.63, 3.8) is 0 Å². The van der Waals surface area contributed by atoms with Crippen molar-refractivity contribution in [3.05, 3.63) is 29.8 Å². The Balaban J connectivity index is 1.65. The third kappa shape index (κ3) is 6.36. The second kappa shape index (κ2) is 9.06. The van der Waals surface area contributed by atoms with Gasteiger partial charge in [0.05, 0.1) is 6.61 Å². The third-order valence-electron chi connectivity index (χ3n) is 4.78. The van der Waals surface area contributed by atoms with E-state index < -0.39 is 0 Å². The molecule has 0 unspecified atom stereocenters. The van der Waals surface area contributed by atoms with Crippen LogP contribution < -0.4 is 10.1 Å². The maximum absolute atomic E-state index is 12.3. The predicted octanol–water partition coefficient (Wildman–Crippen LogP) is 3.27. The molecule has 26 heavy (non-hydrogen) atoms. The van der Waals surface area contributed by atoms with E-state index in [1.807, 2.05) is 17.0 Å². The highest BCUT2D eigenvalue weighted by atomic mass is 16.5. The van der Waals surface area contributed by atoms with Crippen molar-refractivity contribution in [2.75, 3.05) is 19.7 Å². The number of hydrogen-bond acceptors (Lipinski definition) is 3. The summed E-state index contributed by atoms with van der Waals surface area (Å²) in [4.78, 5) is 25.3. The van der Waals surface area contributed by atoms with Gasteiger partial charge < -0.3 is 15.0 Å². The lowest BCUT2D eigenvalue weighted by Gasteiger charge is -2.32. The minimum absolute atomic E-state index is 0.00228. The average molecular weight is 360 g/mol. The van der Waals surface area contributed by atoms with Crippen LogP contribution >= 0.6 is 0 Å². The molecule has 0 atom stereocenters. The van der Waals surface area contributed by atoms with Gasteiger partial charge in [-0.25, -0.2) is 0 Å². The second-order valence-electron chi connectivity index (χ2n) is 8.08. The third-order valence-corrected chi connectivity index (χ3v) is 4.78. The Morgan fingerprint density at radius 2 is 1.77 bits per heavy atom. The molecule has 144 valence electrons. The number of rotatable bonds is 6. The summed E-state index contributed by atoms with van der Waals surface area (Å²) in [6.45, 7) is 10.1. The molecule has 0 radical (unpaired) electrons. The lowest BCUT2D eigenvalue weighted by Crippen LogP contribution is -2.46. The zero-order valence-electron chi connectivity index (χ0n) is 16.5. The van der Waals surface area contributed by atoms with Gasteiger partial charge in [-0.3, -0.25) is 9.59 Å². The predicted molar refractivity (Wildman–Crippen MR) is 103 cm³/mol. The van der Waals surface area contributed by atoms with Crippen LogP contribution in [0.4, 0.5) is 0 Å². The number of nitrogens with one attached hydrogen (secondary N) is 1. The Labute approximate surface area is 157 Å². The number of amides is 2. The quantitative estimate of drug-likeness (QED) is 0.792. The molecule has 1 aromatic carbocycles. The van der Waals surface area contributed by atoms with Gasteiger partial charge in [0, 0.05) is 32.5 Å². The van der Waals surface area contributed by atoms with Crippen LogP contribution in [0.15, 0.2) is 24.3 Å². The van der Waals surface area contributed by atoms with Gasteiger partial charge in [-0.05, 0) is 42.4 Å². The highest BCUT2D eigenvalue weighted by molar-refractivity contribution is 5.76. The van der Waals surface area contributed by atoms with Crippen LogP contribution in [-0.4, -0.2) is 42.5 Å². The van der Waals surface area contributed by atoms with Gasteiger partial charge in [0.1, 0.15) is 5.75 Å². The smallest absolute Gasteiger partial charge is 0.222 e. The van der Waals surface area contributed by atoms with Crippen molar-refractivity contribution >= 4 is 11.8 Å². The summed E-state index contributed by atoms with van der Waals surface area (Å²) in [6, 6.07) is 8.39. The summed E-state index contributed by atoms with van der Waals surface area (Å²) < 4.78 is 5.75. The highest BCUT2D eigenvalue weighted by Gasteiger charge is 2.22. The molecule has 0 spiro atoms. The van der Waals surface area contributed by atoms with Gasteiger partial charge in [-0.15, -0.1) is 0 Å². The van der Waals surface area contributed by atoms with Crippen molar-refractivity contribution in [1.29, 1.82) is 0 Å². The lowest BCUT2D eigenvalue weighted by atomic mass is 9.87. The van der Waals surface area contributed by atoms with E-state index in [9.17, 15) is 9.59 Å². The van der Waals surface area contributed by atoms with Crippen LogP contribution in [0.5, 0.6) is 5.75 Å². The van der Waals surface area contributed by atoms with E-state index in [1.165, 1.54) is 12.5 Å². The standard InChI is InChI=1S/C21H32N2O3/c1-16(24)22-18-11-13-23(14-12-18)20(25)6-5-15-26-19-9-7-17(8-10-19)21(2,3)4/h7-10,18H,5-6,11-15H2,1-4H3,(H,22,24). The molecule has 0 bridgehead atoms. The number of piperidine rings is 1. The molecule has 0 saturated carbocycles. The summed E-state index contributed by atoms with van der Waals surface area (Å²) in [5.74, 6) is 1.03. The van der Waals surface area contributed by atoms with E-state index in [0.29, 0.717) is 19.4 Å². The van der Waals surface area contributed by atoms with Crippen molar-refractivity contribution in [2.24, 2.45) is 0 Å². The summed E-state index contributed by atoms with van der Waals surface area (Å²) in [6.07, 6.45) is 2.89. The van der Waals surface area contributed by atoms with Gasteiger partial charge in [0.25, 0.3) is 0 Å². The first kappa shape index (κ1) is 20.3. The van der Waals surface area contributed by atoms with Gasteiger partial charge in [-0.1, -0.05) is 32.9 Å². The van der Waals surface area contributed by atoms with Gasteiger partial charge in [0.15, 0.2) is 0 Å². The largest absolute Gasteiger partial charge is 0.494 e. The zero-order valence-corrected chi connectivity index (χ0v) is 16.5. The molecule has 5 nitrogen and oxygen atoms in total. The highest BCUT2D eigenvalue weighted by Crippen LogP contribution is 2.24. The van der Waals surface area contributed by atoms with Gasteiger partial charge >= 0.3 is 0 Å². The number of likely N-dealkylation sites (tertiary alicyclic amines) is 1. The number of ether oxygens (including phenoxy) is 1. The Morgan fingerprint density at radius 1 is 1.15 bits per heavy atom. The maximum atomic E-state index is 12.3. The summed E-state index contributed by atoms with van der Waals surface area (Å²) in [5, 5.41) is 2.93. The minimum Gasteiger partial charge on any atom is -0.494 e. The molecule has 1 heterocycles. The minimum atomic E-state index is 0.00228. The summed E-state index contributed by atoms with van der Waals surface area (Å²) in [5.41, 5.74) is 1.42. The van der Waals surface area contributed by atoms with Crippen LogP contribution in [0.3, 0.4) is 0 Å². The van der Waals surface area contributed by atoms with Crippen LogP contribution in [-0.2, 0) is 15.0 Å². The molecule has 1 fully saturated rings. The normalized spacial score (nSPS) is 15.6. The van der Waals surface area contributed by atoms with Crippen LogP contribution in [0, 0.1) is 0 Å². The molecule has 0 aliphatic carbocycles. The first-order valence-electron chi connectivity index (χ1n) is 9.54. The average Bonchev–Trinajstić information content (AvgIpc) is 2.58. The molecule has 1 aromatic rings. The van der Waals surface area contributed by atoms with Crippen molar-refractivity contribution in [2.45, 2.75) is 64.8 Å². The summed E-state index contributed by atoms with van der Waals surface area (Å²) in [7, 11) is 0. The zero-order chi connectivity index (χ0) is 19.2. The van der Waals surface area contributed by atoms with Crippen molar-refractivity contribution in [3.8, 4) is 5.75 Å². The molecular weight excluding hydrogens is 328 g/mol. The molecule has 1 saturated heterocycles. The maximum Gasteiger partial charge on any atom is 0.222 e. The molecule has 0 aromatic heterocycles. The van der Waals surface area contributed by atoms with E-state index in [4.69, 9.17) is 4.74 Å². The number of carbonyl (C=O) groups is 2. The van der Waals surface area contributed by atoms with Gasteiger partial charge in [0.2, 0.25) is 11.8 Å². The van der Waals surface area contributed by atoms with Crippen molar-refractivity contribution in [1.82, 2.24) is 10.2 Å². The summed E-state index contributed by atoms with van der Waals surface area (Å²) >= 11 is 0. The fourth-order valence-corrected chi connectivity index (χ4v) is 3.18. The first-order valence-corrected chi connectivity index (χ1v) is 9.54. The Morgan fingerprint density at radius 3 is 2.31 bits per heavy atom. The SMILES string of the molecule is CC(=O)NC1CCN(C(=O)CCCOc2ccc(C(C)(C)C)cc2)CC1. The molecule has 1 aliphatic rings. The topological polar surface area (TPSA) is 58.6 Å². The van der Waals surface area contributed by atoms with E-state index in [1.54, 1.807) is 0 Å². The Hall–Kier alpha value is -2.04. The fraction of sp³-hybridized carbons (Fsp3) is 0.619. The molecule has 2 rings (SSSR count). The van der Waals surface area contributed by atoms with E-state index >= 15 is 0 Å². The molecule has 1 aliphatic heterocycles. The monoisotopic (exact) mass is 360 g/mol. The Bertz CT molecular complexity index is 597. The lowest BCUT2D eigenvalue weighted by molar-refractivity contribution is -0.132. The number of nitrogens with zero attached hydrogens (tertiary/aromatic N) is 1. The molecule has 5 heteroatoms. The van der Waals surface area contributed by atoms with Crippen molar-refractivity contribution < 1.29 is 14.3 Å². The van der Waals surface area contributed by atoms with Crippen LogP contribution in [0.25, 0.3) is 0 Å².